The number of benzene rings is 3. The van der Waals surface area contributed by atoms with E-state index in [1.807, 2.05) is 51.1 Å². The summed E-state index contributed by atoms with van der Waals surface area (Å²) in [6.45, 7) is 4.60. The second kappa shape index (κ2) is 9.75. The molecule has 0 unspecified atom stereocenters. The molecule has 0 amide bonds. The molecule has 0 saturated carbocycles. The molecule has 0 saturated heterocycles. The summed E-state index contributed by atoms with van der Waals surface area (Å²) in [7, 11) is 0. The fraction of sp³-hybridized carbons (Fsp3) is 0.296. The zero-order chi connectivity index (χ0) is 25.4. The SMILES string of the molecule is CC(C)(C)c1ccc(C2=N[C@H](c3ccc(Cl)cc3)[C@H](c3ccc(Cl)cc3)N2)c(OCC(F)(F)F)c1. The third kappa shape index (κ3) is 6.11. The van der Waals surface area contributed by atoms with Crippen LogP contribution < -0.4 is 10.1 Å². The van der Waals surface area contributed by atoms with Gasteiger partial charge >= 0.3 is 6.18 Å². The van der Waals surface area contributed by atoms with E-state index < -0.39 is 12.8 Å². The fourth-order valence-corrected chi connectivity index (χ4v) is 4.20. The normalized spacial score (nSPS) is 18.2. The Labute approximate surface area is 212 Å². The third-order valence-electron chi connectivity index (χ3n) is 5.81. The molecule has 0 aliphatic carbocycles. The predicted molar refractivity (Wildman–Crippen MR) is 135 cm³/mol. The molecule has 0 aromatic heterocycles. The van der Waals surface area contributed by atoms with Crippen molar-refractivity contribution in [3.05, 3.63) is 99.0 Å². The molecule has 1 aliphatic rings. The first-order valence-corrected chi connectivity index (χ1v) is 11.9. The molecule has 0 fully saturated rings. The molecule has 3 aromatic rings. The largest absolute Gasteiger partial charge is 0.483 e. The molecule has 8 heteroatoms. The second-order valence-corrected chi connectivity index (χ2v) is 10.4. The first-order valence-electron chi connectivity index (χ1n) is 11.1. The molecule has 1 aliphatic heterocycles. The van der Waals surface area contributed by atoms with Gasteiger partial charge in [0.25, 0.3) is 0 Å². The van der Waals surface area contributed by atoms with Gasteiger partial charge in [-0.1, -0.05) is 74.3 Å². The highest BCUT2D eigenvalue weighted by Crippen LogP contribution is 2.39. The number of nitrogens with zero attached hydrogens (tertiary/aromatic N) is 1. The zero-order valence-electron chi connectivity index (χ0n) is 19.5. The number of nitrogens with one attached hydrogen (secondary N) is 1. The zero-order valence-corrected chi connectivity index (χ0v) is 21.0. The Morgan fingerprint density at radius 2 is 1.43 bits per heavy atom. The highest BCUT2D eigenvalue weighted by molar-refractivity contribution is 6.30. The van der Waals surface area contributed by atoms with E-state index in [0.717, 1.165) is 16.7 Å². The number of rotatable bonds is 5. The quantitative estimate of drug-likeness (QED) is 0.369. The standard InChI is InChI=1S/C27H25Cl2F3N2O/c1-26(2,3)18-8-13-21(22(14-18)35-15-27(30,31)32)25-33-23(16-4-9-19(28)10-5-16)24(34-25)17-6-11-20(29)12-7-17/h4-14,23-24H,15H2,1-3H3,(H,33,34)/t23-,24+. The third-order valence-corrected chi connectivity index (χ3v) is 6.31. The van der Waals surface area contributed by atoms with Gasteiger partial charge in [-0.05, 0) is 58.5 Å². The van der Waals surface area contributed by atoms with Gasteiger partial charge in [0, 0.05) is 10.0 Å². The first-order chi connectivity index (χ1) is 16.4. The lowest BCUT2D eigenvalue weighted by molar-refractivity contribution is -0.153. The van der Waals surface area contributed by atoms with Gasteiger partial charge in [-0.3, -0.25) is 4.99 Å². The number of hydrogen-bond acceptors (Lipinski definition) is 3. The first kappa shape index (κ1) is 25.4. The van der Waals surface area contributed by atoms with Crippen LogP contribution in [0.15, 0.2) is 71.7 Å². The van der Waals surface area contributed by atoms with E-state index in [9.17, 15) is 13.2 Å². The lowest BCUT2D eigenvalue weighted by Crippen LogP contribution is -2.27. The van der Waals surface area contributed by atoms with Crippen molar-refractivity contribution < 1.29 is 17.9 Å². The Kier molecular flexibility index (Phi) is 7.07. The maximum Gasteiger partial charge on any atom is 0.422 e. The van der Waals surface area contributed by atoms with Crippen LogP contribution in [0.1, 0.15) is 55.1 Å². The smallest absolute Gasteiger partial charge is 0.422 e. The predicted octanol–water partition coefficient (Wildman–Crippen LogP) is 8.06. The minimum Gasteiger partial charge on any atom is -0.483 e. The topological polar surface area (TPSA) is 33.6 Å². The van der Waals surface area contributed by atoms with E-state index in [2.05, 4.69) is 5.32 Å². The van der Waals surface area contributed by atoms with E-state index in [0.29, 0.717) is 21.4 Å². The van der Waals surface area contributed by atoms with Crippen LogP contribution in [-0.2, 0) is 5.41 Å². The number of hydrogen-bond donors (Lipinski definition) is 1. The van der Waals surface area contributed by atoms with Crippen LogP contribution in [0.25, 0.3) is 0 Å². The Morgan fingerprint density at radius 3 is 1.97 bits per heavy atom. The fourth-order valence-electron chi connectivity index (χ4n) is 3.95. The Morgan fingerprint density at radius 1 is 0.857 bits per heavy atom. The molecule has 1 N–H and O–H groups in total. The lowest BCUT2D eigenvalue weighted by atomic mass is 9.86. The van der Waals surface area contributed by atoms with Gasteiger partial charge in [0.15, 0.2) is 6.61 Å². The van der Waals surface area contributed by atoms with Crippen molar-refractivity contribution in [3.8, 4) is 5.75 Å². The minimum absolute atomic E-state index is 0.132. The van der Waals surface area contributed by atoms with Crippen LogP contribution in [0.4, 0.5) is 13.2 Å². The number of ether oxygens (including phenoxy) is 1. The maximum atomic E-state index is 13.0. The van der Waals surface area contributed by atoms with Crippen LogP contribution in [-0.4, -0.2) is 18.6 Å². The van der Waals surface area contributed by atoms with Crippen molar-refractivity contribution in [2.24, 2.45) is 4.99 Å². The summed E-state index contributed by atoms with van der Waals surface area (Å²) in [6, 6.07) is 19.5. The highest BCUT2D eigenvalue weighted by Gasteiger charge is 2.34. The second-order valence-electron chi connectivity index (χ2n) is 9.51. The molecule has 1 heterocycles. The van der Waals surface area contributed by atoms with E-state index in [1.165, 1.54) is 0 Å². The number of alkyl halides is 3. The highest BCUT2D eigenvalue weighted by atomic mass is 35.5. The Balaban J connectivity index is 1.77. The van der Waals surface area contributed by atoms with Crippen LogP contribution in [0, 0.1) is 0 Å². The van der Waals surface area contributed by atoms with E-state index in [4.69, 9.17) is 32.9 Å². The maximum absolute atomic E-state index is 13.0. The molecule has 0 spiro atoms. The Bertz CT molecular complexity index is 1220. The lowest BCUT2D eigenvalue weighted by Gasteiger charge is -2.22. The monoisotopic (exact) mass is 520 g/mol. The van der Waals surface area contributed by atoms with Gasteiger partial charge in [-0.15, -0.1) is 0 Å². The van der Waals surface area contributed by atoms with E-state index in [-0.39, 0.29) is 23.2 Å². The average Bonchev–Trinajstić information content (AvgIpc) is 3.22. The van der Waals surface area contributed by atoms with Crippen LogP contribution in [0.2, 0.25) is 10.0 Å². The number of amidine groups is 1. The summed E-state index contributed by atoms with van der Waals surface area (Å²) in [5.41, 5.74) is 2.92. The summed E-state index contributed by atoms with van der Waals surface area (Å²) in [6.07, 6.45) is -4.46. The Hall–Kier alpha value is -2.70. The van der Waals surface area contributed by atoms with Crippen molar-refractivity contribution in [1.82, 2.24) is 5.32 Å². The van der Waals surface area contributed by atoms with Gasteiger partial charge in [0.2, 0.25) is 0 Å². The summed E-state index contributed by atoms with van der Waals surface area (Å²) < 4.78 is 44.4. The average molecular weight is 521 g/mol. The van der Waals surface area contributed by atoms with Gasteiger partial charge < -0.3 is 10.1 Å². The number of halogens is 5. The van der Waals surface area contributed by atoms with Crippen molar-refractivity contribution in [3.63, 3.8) is 0 Å². The summed E-state index contributed by atoms with van der Waals surface area (Å²) in [4.78, 5) is 4.90. The van der Waals surface area contributed by atoms with Crippen molar-refractivity contribution in [2.45, 2.75) is 44.4 Å². The van der Waals surface area contributed by atoms with Gasteiger partial charge in [-0.2, -0.15) is 13.2 Å². The molecule has 35 heavy (non-hydrogen) atoms. The van der Waals surface area contributed by atoms with Crippen molar-refractivity contribution in [1.29, 1.82) is 0 Å². The van der Waals surface area contributed by atoms with Crippen LogP contribution in [0.5, 0.6) is 5.75 Å². The van der Waals surface area contributed by atoms with Gasteiger partial charge in [0.1, 0.15) is 17.6 Å². The van der Waals surface area contributed by atoms with Gasteiger partial charge in [-0.25, -0.2) is 0 Å². The number of aliphatic imine (C=N–C) groups is 1. The molecule has 3 aromatic carbocycles. The minimum atomic E-state index is -4.46. The molecule has 4 rings (SSSR count). The molecular weight excluding hydrogens is 496 g/mol. The molecule has 3 nitrogen and oxygen atoms in total. The summed E-state index contributed by atoms with van der Waals surface area (Å²) in [5.74, 6) is 0.593. The summed E-state index contributed by atoms with van der Waals surface area (Å²) in [5, 5.41) is 4.63. The summed E-state index contributed by atoms with van der Waals surface area (Å²) >= 11 is 12.2. The van der Waals surface area contributed by atoms with Crippen molar-refractivity contribution >= 4 is 29.0 Å². The van der Waals surface area contributed by atoms with Crippen LogP contribution in [0.3, 0.4) is 0 Å². The van der Waals surface area contributed by atoms with Gasteiger partial charge in [0.05, 0.1) is 11.6 Å². The molecular formula is C27H25Cl2F3N2O. The van der Waals surface area contributed by atoms with Crippen molar-refractivity contribution in [2.75, 3.05) is 6.61 Å². The molecule has 2 atom stereocenters. The van der Waals surface area contributed by atoms with Crippen LogP contribution >= 0.6 is 23.2 Å². The molecule has 0 bridgehead atoms. The molecule has 184 valence electrons. The van der Waals surface area contributed by atoms with E-state index >= 15 is 0 Å². The van der Waals surface area contributed by atoms with E-state index in [1.54, 1.807) is 36.4 Å². The molecule has 0 radical (unpaired) electrons.